The molecule has 29 heavy (non-hydrogen) atoms. The predicted molar refractivity (Wildman–Crippen MR) is 115 cm³/mol. The van der Waals surface area contributed by atoms with Crippen LogP contribution in [0.15, 0.2) is 53.4 Å². The zero-order chi connectivity index (χ0) is 21.0. The molecular weight excluding hydrogens is 386 g/mol. The van der Waals surface area contributed by atoms with Crippen LogP contribution in [0.5, 0.6) is 0 Å². The van der Waals surface area contributed by atoms with Crippen LogP contribution in [0.25, 0.3) is 0 Å². The smallest absolute Gasteiger partial charge is 0.255 e. The normalized spacial score (nSPS) is 18.0. The maximum atomic E-state index is 12.5. The average Bonchev–Trinajstić information content (AvgIpc) is 2.69. The van der Waals surface area contributed by atoms with Gasteiger partial charge in [0.15, 0.2) is 0 Å². The molecule has 156 valence electrons. The van der Waals surface area contributed by atoms with Crippen LogP contribution in [-0.2, 0) is 16.6 Å². The third-order valence-electron chi connectivity index (χ3n) is 5.25. The summed E-state index contributed by atoms with van der Waals surface area (Å²) in [6.45, 7) is 5.51. The van der Waals surface area contributed by atoms with Crippen LogP contribution in [0.1, 0.15) is 35.7 Å². The largest absolute Gasteiger partial charge is 0.322 e. The predicted octanol–water partition coefficient (Wildman–Crippen LogP) is 3.42. The maximum absolute atomic E-state index is 12.5. The number of carbonyl (C=O) groups excluding carboxylic acids is 1. The standard InChI is InChI=1S/C22H29N3O3S/c1-17-5-4-14-25(15-17)16-18-6-10-20(11-7-18)23-22(26)19-8-12-21(13-9-19)29(27,28)24(2)3/h6-13,17H,4-5,14-16H2,1-3H3,(H,23,26). The van der Waals surface area contributed by atoms with Crippen LogP contribution in [0.3, 0.4) is 0 Å². The van der Waals surface area contributed by atoms with Crippen molar-refractivity contribution in [3.8, 4) is 0 Å². The van der Waals surface area contributed by atoms with E-state index in [4.69, 9.17) is 0 Å². The number of rotatable bonds is 6. The quantitative estimate of drug-likeness (QED) is 0.785. The van der Waals surface area contributed by atoms with E-state index in [0.29, 0.717) is 5.56 Å². The third kappa shape index (κ3) is 5.44. The van der Waals surface area contributed by atoms with Crippen molar-refractivity contribution in [3.63, 3.8) is 0 Å². The number of carbonyl (C=O) groups is 1. The summed E-state index contributed by atoms with van der Waals surface area (Å²) in [6.07, 6.45) is 2.56. The Morgan fingerprint density at radius 2 is 1.76 bits per heavy atom. The Labute approximate surface area is 173 Å². The number of nitrogens with one attached hydrogen (secondary N) is 1. The minimum Gasteiger partial charge on any atom is -0.322 e. The summed E-state index contributed by atoms with van der Waals surface area (Å²) in [7, 11) is -0.546. The van der Waals surface area contributed by atoms with Gasteiger partial charge in [-0.1, -0.05) is 19.1 Å². The number of benzene rings is 2. The number of likely N-dealkylation sites (tertiary alicyclic amines) is 1. The topological polar surface area (TPSA) is 69.7 Å². The lowest BCUT2D eigenvalue weighted by Crippen LogP contribution is -2.33. The van der Waals surface area contributed by atoms with Crippen LogP contribution in [0.4, 0.5) is 5.69 Å². The first kappa shape index (κ1) is 21.5. The molecule has 0 bridgehead atoms. The summed E-state index contributed by atoms with van der Waals surface area (Å²) < 4.78 is 25.4. The van der Waals surface area contributed by atoms with Crippen molar-refractivity contribution in [3.05, 3.63) is 59.7 Å². The van der Waals surface area contributed by atoms with E-state index in [2.05, 4.69) is 17.1 Å². The Bertz CT molecular complexity index is 938. The van der Waals surface area contributed by atoms with Gasteiger partial charge in [-0.25, -0.2) is 12.7 Å². The van der Waals surface area contributed by atoms with Crippen LogP contribution in [-0.4, -0.2) is 50.7 Å². The SMILES string of the molecule is CC1CCCN(Cc2ccc(NC(=O)c3ccc(S(=O)(=O)N(C)C)cc3)cc2)C1. The molecular formula is C22H29N3O3S. The summed E-state index contributed by atoms with van der Waals surface area (Å²) in [5.74, 6) is 0.484. The number of amides is 1. The van der Waals surface area contributed by atoms with Crippen molar-refractivity contribution in [1.29, 1.82) is 0 Å². The summed E-state index contributed by atoms with van der Waals surface area (Å²) in [5.41, 5.74) is 2.36. The van der Waals surface area contributed by atoms with Gasteiger partial charge in [-0.2, -0.15) is 0 Å². The van der Waals surface area contributed by atoms with Crippen LogP contribution in [0, 0.1) is 5.92 Å². The zero-order valence-corrected chi connectivity index (χ0v) is 18.1. The highest BCUT2D eigenvalue weighted by atomic mass is 32.2. The Morgan fingerprint density at radius 3 is 2.34 bits per heavy atom. The highest BCUT2D eigenvalue weighted by Crippen LogP contribution is 2.19. The molecule has 1 fully saturated rings. The number of hydrogen-bond acceptors (Lipinski definition) is 4. The van der Waals surface area contributed by atoms with Crippen molar-refractivity contribution >= 4 is 21.6 Å². The lowest BCUT2D eigenvalue weighted by atomic mass is 10.00. The Kier molecular flexibility index (Phi) is 6.72. The second kappa shape index (κ2) is 9.07. The van der Waals surface area contributed by atoms with Crippen molar-refractivity contribution in [2.45, 2.75) is 31.2 Å². The van der Waals surface area contributed by atoms with Crippen LogP contribution < -0.4 is 5.32 Å². The minimum atomic E-state index is -3.50. The lowest BCUT2D eigenvalue weighted by molar-refractivity contribution is 0.102. The number of anilines is 1. The highest BCUT2D eigenvalue weighted by Gasteiger charge is 2.18. The number of hydrogen-bond donors (Lipinski definition) is 1. The average molecular weight is 416 g/mol. The highest BCUT2D eigenvalue weighted by molar-refractivity contribution is 7.89. The Morgan fingerprint density at radius 1 is 1.10 bits per heavy atom. The van der Waals surface area contributed by atoms with Crippen molar-refractivity contribution in [2.24, 2.45) is 5.92 Å². The van der Waals surface area contributed by atoms with Gasteiger partial charge in [0.2, 0.25) is 10.0 Å². The molecule has 1 saturated heterocycles. The molecule has 0 saturated carbocycles. The molecule has 0 aliphatic carbocycles. The van der Waals surface area contributed by atoms with Crippen LogP contribution >= 0.6 is 0 Å². The molecule has 3 rings (SSSR count). The van der Waals surface area contributed by atoms with Gasteiger partial charge < -0.3 is 5.32 Å². The molecule has 2 aromatic carbocycles. The second-order valence-corrected chi connectivity index (χ2v) is 10.1. The van der Waals surface area contributed by atoms with Gasteiger partial charge in [0.05, 0.1) is 4.90 Å². The van der Waals surface area contributed by atoms with E-state index in [1.165, 1.54) is 56.8 Å². The van der Waals surface area contributed by atoms with E-state index in [9.17, 15) is 13.2 Å². The number of piperidine rings is 1. The van der Waals surface area contributed by atoms with Gasteiger partial charge in [-0.15, -0.1) is 0 Å². The molecule has 1 heterocycles. The molecule has 2 aromatic rings. The van der Waals surface area contributed by atoms with Crippen molar-refractivity contribution in [1.82, 2.24) is 9.21 Å². The number of nitrogens with zero attached hydrogens (tertiary/aromatic N) is 2. The van der Waals surface area contributed by atoms with Gasteiger partial charge in [0.25, 0.3) is 5.91 Å². The molecule has 6 nitrogen and oxygen atoms in total. The molecule has 7 heteroatoms. The third-order valence-corrected chi connectivity index (χ3v) is 7.08. The first-order chi connectivity index (χ1) is 13.8. The van der Waals surface area contributed by atoms with Crippen LogP contribution in [0.2, 0.25) is 0 Å². The molecule has 0 spiro atoms. The first-order valence-electron chi connectivity index (χ1n) is 9.91. The summed E-state index contributed by atoms with van der Waals surface area (Å²) in [5, 5.41) is 2.86. The molecule has 1 amide bonds. The summed E-state index contributed by atoms with van der Waals surface area (Å²) in [4.78, 5) is 15.1. The van der Waals surface area contributed by atoms with E-state index in [1.54, 1.807) is 0 Å². The van der Waals surface area contributed by atoms with Gasteiger partial charge in [-0.3, -0.25) is 9.69 Å². The fourth-order valence-electron chi connectivity index (χ4n) is 3.57. The summed E-state index contributed by atoms with van der Waals surface area (Å²) >= 11 is 0. The molecule has 1 N–H and O–H groups in total. The Hall–Kier alpha value is -2.22. The van der Waals surface area contributed by atoms with E-state index < -0.39 is 10.0 Å². The Balaban J connectivity index is 1.60. The van der Waals surface area contributed by atoms with E-state index in [-0.39, 0.29) is 10.8 Å². The fourth-order valence-corrected chi connectivity index (χ4v) is 4.48. The monoisotopic (exact) mass is 415 g/mol. The van der Waals surface area contributed by atoms with Crippen molar-refractivity contribution < 1.29 is 13.2 Å². The molecule has 0 aromatic heterocycles. The summed E-state index contributed by atoms with van der Waals surface area (Å²) in [6, 6.07) is 13.9. The molecule has 0 radical (unpaired) electrons. The van der Waals surface area contributed by atoms with Gasteiger partial charge in [-0.05, 0) is 67.3 Å². The van der Waals surface area contributed by atoms with E-state index in [1.807, 2.05) is 24.3 Å². The van der Waals surface area contributed by atoms with Gasteiger partial charge >= 0.3 is 0 Å². The zero-order valence-electron chi connectivity index (χ0n) is 17.3. The first-order valence-corrected chi connectivity index (χ1v) is 11.3. The molecule has 1 aliphatic heterocycles. The molecule has 1 aliphatic rings. The molecule has 1 unspecified atom stereocenters. The number of sulfonamides is 1. The second-order valence-electron chi connectivity index (χ2n) is 7.95. The molecule has 1 atom stereocenters. The van der Waals surface area contributed by atoms with Gasteiger partial charge in [0, 0.05) is 38.4 Å². The fraction of sp³-hybridized carbons (Fsp3) is 0.409. The van der Waals surface area contributed by atoms with Crippen molar-refractivity contribution in [2.75, 3.05) is 32.5 Å². The van der Waals surface area contributed by atoms with E-state index >= 15 is 0 Å². The minimum absolute atomic E-state index is 0.162. The lowest BCUT2D eigenvalue weighted by Gasteiger charge is -2.30. The van der Waals surface area contributed by atoms with E-state index in [0.717, 1.165) is 35.5 Å². The van der Waals surface area contributed by atoms with Gasteiger partial charge in [0.1, 0.15) is 0 Å². The maximum Gasteiger partial charge on any atom is 0.255 e.